The molecule has 0 spiro atoms. The lowest BCUT2D eigenvalue weighted by atomic mass is 10.1. The smallest absolute Gasteiger partial charge is 0.365 e. The van der Waals surface area contributed by atoms with E-state index in [9.17, 15) is 13.2 Å². The van der Waals surface area contributed by atoms with Crippen molar-refractivity contribution in [2.45, 2.75) is 38.5 Å². The SMILES string of the molecule is FC(F)(F)Cn1cc2c(NCc3cncc4c3CCC4)ncnc2n1. The fourth-order valence-electron chi connectivity index (χ4n) is 3.19. The Morgan fingerprint density at radius 3 is 2.88 bits per heavy atom. The molecular formula is C16H15F3N6. The van der Waals surface area contributed by atoms with Gasteiger partial charge < -0.3 is 5.32 Å². The van der Waals surface area contributed by atoms with Crippen molar-refractivity contribution in [1.82, 2.24) is 24.7 Å². The number of aromatic nitrogens is 5. The van der Waals surface area contributed by atoms with Gasteiger partial charge in [0.1, 0.15) is 18.7 Å². The molecule has 0 atom stereocenters. The first-order valence-corrected chi connectivity index (χ1v) is 7.93. The molecule has 9 heteroatoms. The van der Waals surface area contributed by atoms with E-state index in [1.807, 2.05) is 12.4 Å². The van der Waals surface area contributed by atoms with E-state index < -0.39 is 12.7 Å². The van der Waals surface area contributed by atoms with Crippen molar-refractivity contribution in [3.8, 4) is 0 Å². The van der Waals surface area contributed by atoms with Gasteiger partial charge in [-0.2, -0.15) is 18.3 Å². The molecule has 4 rings (SSSR count). The number of pyridine rings is 1. The first-order chi connectivity index (χ1) is 12.0. The number of nitrogens with zero attached hydrogens (tertiary/aromatic N) is 5. The van der Waals surface area contributed by atoms with Crippen molar-refractivity contribution in [1.29, 1.82) is 0 Å². The highest BCUT2D eigenvalue weighted by molar-refractivity contribution is 5.85. The number of nitrogens with one attached hydrogen (secondary N) is 1. The van der Waals surface area contributed by atoms with Crippen LogP contribution in [-0.2, 0) is 25.9 Å². The summed E-state index contributed by atoms with van der Waals surface area (Å²) in [5.74, 6) is 0.467. The summed E-state index contributed by atoms with van der Waals surface area (Å²) >= 11 is 0. The zero-order valence-corrected chi connectivity index (χ0v) is 13.2. The van der Waals surface area contributed by atoms with Gasteiger partial charge in [0.15, 0.2) is 5.65 Å². The third kappa shape index (κ3) is 3.26. The largest absolute Gasteiger partial charge is 0.408 e. The van der Waals surface area contributed by atoms with E-state index in [-0.39, 0.29) is 5.65 Å². The molecule has 0 unspecified atom stereocenters. The molecule has 1 N–H and O–H groups in total. The van der Waals surface area contributed by atoms with Crippen LogP contribution in [0.15, 0.2) is 24.9 Å². The summed E-state index contributed by atoms with van der Waals surface area (Å²) < 4.78 is 38.5. The van der Waals surface area contributed by atoms with Crippen molar-refractivity contribution in [3.05, 3.63) is 41.6 Å². The van der Waals surface area contributed by atoms with Gasteiger partial charge in [0.25, 0.3) is 0 Å². The number of aryl methyl sites for hydroxylation is 1. The Kier molecular flexibility index (Phi) is 3.78. The van der Waals surface area contributed by atoms with Crippen molar-refractivity contribution in [2.24, 2.45) is 0 Å². The van der Waals surface area contributed by atoms with Crippen LogP contribution in [0.3, 0.4) is 0 Å². The third-order valence-corrected chi connectivity index (χ3v) is 4.26. The quantitative estimate of drug-likeness (QED) is 0.785. The summed E-state index contributed by atoms with van der Waals surface area (Å²) in [5, 5.41) is 7.51. The monoisotopic (exact) mass is 348 g/mol. The van der Waals surface area contributed by atoms with Crippen LogP contribution in [-0.4, -0.2) is 30.9 Å². The predicted molar refractivity (Wildman–Crippen MR) is 85.0 cm³/mol. The first-order valence-electron chi connectivity index (χ1n) is 7.93. The molecule has 6 nitrogen and oxygen atoms in total. The molecule has 0 radical (unpaired) electrons. The van der Waals surface area contributed by atoms with Gasteiger partial charge in [0.05, 0.1) is 5.39 Å². The summed E-state index contributed by atoms with van der Waals surface area (Å²) in [6.07, 6.45) is 5.19. The van der Waals surface area contributed by atoms with E-state index in [1.54, 1.807) is 0 Å². The van der Waals surface area contributed by atoms with E-state index in [0.717, 1.165) is 29.5 Å². The van der Waals surface area contributed by atoms with Gasteiger partial charge in [-0.05, 0) is 36.0 Å². The van der Waals surface area contributed by atoms with E-state index in [2.05, 4.69) is 25.4 Å². The summed E-state index contributed by atoms with van der Waals surface area (Å²) in [5.41, 5.74) is 3.90. The molecular weight excluding hydrogens is 333 g/mol. The van der Waals surface area contributed by atoms with Gasteiger partial charge in [0.2, 0.25) is 0 Å². The lowest BCUT2D eigenvalue weighted by Crippen LogP contribution is -2.17. The number of halogens is 3. The van der Waals surface area contributed by atoms with E-state index >= 15 is 0 Å². The normalized spacial score (nSPS) is 14.0. The molecule has 130 valence electrons. The van der Waals surface area contributed by atoms with Crippen LogP contribution in [0.2, 0.25) is 0 Å². The molecule has 1 aliphatic carbocycles. The van der Waals surface area contributed by atoms with Gasteiger partial charge >= 0.3 is 6.18 Å². The van der Waals surface area contributed by atoms with Crippen LogP contribution < -0.4 is 5.32 Å². The Balaban J connectivity index is 1.58. The Hall–Kier alpha value is -2.71. The highest BCUT2D eigenvalue weighted by Crippen LogP contribution is 2.26. The summed E-state index contributed by atoms with van der Waals surface area (Å²) in [6.45, 7) is -0.647. The van der Waals surface area contributed by atoms with E-state index in [4.69, 9.17) is 0 Å². The molecule has 0 amide bonds. The molecule has 0 bridgehead atoms. The summed E-state index contributed by atoms with van der Waals surface area (Å²) in [6, 6.07) is 0. The molecule has 25 heavy (non-hydrogen) atoms. The first kappa shape index (κ1) is 15.8. The number of hydrogen-bond acceptors (Lipinski definition) is 5. The number of rotatable bonds is 4. The number of hydrogen-bond donors (Lipinski definition) is 1. The lowest BCUT2D eigenvalue weighted by Gasteiger charge is -2.10. The average Bonchev–Trinajstić information content (AvgIpc) is 3.17. The Morgan fingerprint density at radius 1 is 1.16 bits per heavy atom. The summed E-state index contributed by atoms with van der Waals surface area (Å²) in [4.78, 5) is 12.4. The molecule has 3 aromatic rings. The van der Waals surface area contributed by atoms with Crippen molar-refractivity contribution in [3.63, 3.8) is 0 Å². The molecule has 1 aliphatic rings. The van der Waals surface area contributed by atoms with Crippen LogP contribution >= 0.6 is 0 Å². The van der Waals surface area contributed by atoms with Crippen LogP contribution in [0.25, 0.3) is 11.0 Å². The topological polar surface area (TPSA) is 68.5 Å². The standard InChI is InChI=1S/C16H15F3N6/c17-16(18,19)8-25-7-13-14(22-9-23-15(13)24-25)21-6-11-5-20-4-10-2-1-3-12(10)11/h4-5,7,9H,1-3,6,8H2,(H,21,22,23,24). The maximum atomic E-state index is 12.5. The Morgan fingerprint density at radius 2 is 2.04 bits per heavy atom. The second kappa shape index (κ2) is 5.98. The van der Waals surface area contributed by atoms with Gasteiger partial charge in [-0.3, -0.25) is 9.67 Å². The minimum absolute atomic E-state index is 0.234. The zero-order valence-electron chi connectivity index (χ0n) is 13.2. The van der Waals surface area contributed by atoms with Crippen LogP contribution in [0, 0.1) is 0 Å². The molecule has 3 aromatic heterocycles. The number of alkyl halides is 3. The fourth-order valence-corrected chi connectivity index (χ4v) is 3.19. The van der Waals surface area contributed by atoms with Crippen molar-refractivity contribution in [2.75, 3.05) is 5.32 Å². The van der Waals surface area contributed by atoms with Crippen molar-refractivity contribution < 1.29 is 13.2 Å². The minimum Gasteiger partial charge on any atom is -0.365 e. The molecule has 3 heterocycles. The highest BCUT2D eigenvalue weighted by Gasteiger charge is 2.29. The second-order valence-corrected chi connectivity index (χ2v) is 6.04. The van der Waals surface area contributed by atoms with E-state index in [0.29, 0.717) is 17.7 Å². The third-order valence-electron chi connectivity index (χ3n) is 4.26. The van der Waals surface area contributed by atoms with Gasteiger partial charge in [0, 0.05) is 25.1 Å². The average molecular weight is 348 g/mol. The van der Waals surface area contributed by atoms with Gasteiger partial charge in [-0.15, -0.1) is 0 Å². The number of fused-ring (bicyclic) bond motifs is 2. The van der Waals surface area contributed by atoms with Crippen LogP contribution in [0.1, 0.15) is 23.1 Å². The fraction of sp³-hybridized carbons (Fsp3) is 0.375. The van der Waals surface area contributed by atoms with Crippen LogP contribution in [0.4, 0.5) is 19.0 Å². The van der Waals surface area contributed by atoms with Gasteiger partial charge in [-0.1, -0.05) is 0 Å². The highest BCUT2D eigenvalue weighted by atomic mass is 19.4. The van der Waals surface area contributed by atoms with Crippen molar-refractivity contribution >= 4 is 16.9 Å². The summed E-state index contributed by atoms with van der Waals surface area (Å²) in [7, 11) is 0. The molecule has 0 aromatic carbocycles. The van der Waals surface area contributed by atoms with Crippen LogP contribution in [0.5, 0.6) is 0 Å². The minimum atomic E-state index is -4.33. The zero-order chi connectivity index (χ0) is 17.4. The molecule has 0 saturated heterocycles. The second-order valence-electron chi connectivity index (χ2n) is 6.04. The number of anilines is 1. The molecule has 0 aliphatic heterocycles. The maximum Gasteiger partial charge on any atom is 0.408 e. The van der Waals surface area contributed by atoms with Gasteiger partial charge in [-0.25, -0.2) is 9.97 Å². The molecule has 0 fully saturated rings. The van der Waals surface area contributed by atoms with E-state index in [1.165, 1.54) is 23.7 Å². The Labute approximate surface area is 141 Å². The molecule has 0 saturated carbocycles. The maximum absolute atomic E-state index is 12.5. The Bertz CT molecular complexity index is 918. The lowest BCUT2D eigenvalue weighted by molar-refractivity contribution is -0.142. The predicted octanol–water partition coefficient (Wildman–Crippen LogP) is 2.88.